The molecule has 0 aromatic carbocycles. The molecule has 1 aromatic rings. The van der Waals surface area contributed by atoms with Crippen molar-refractivity contribution in [2.24, 2.45) is 5.92 Å². The Morgan fingerprint density at radius 1 is 1.50 bits per heavy atom. The van der Waals surface area contributed by atoms with Crippen LogP contribution in [0.4, 0.5) is 5.82 Å². The second-order valence-corrected chi connectivity index (χ2v) is 4.78. The van der Waals surface area contributed by atoms with Gasteiger partial charge in [-0.2, -0.15) is 0 Å². The molecule has 1 saturated heterocycles. The molecule has 18 heavy (non-hydrogen) atoms. The fourth-order valence-corrected chi connectivity index (χ4v) is 2.19. The van der Waals surface area contributed by atoms with Crippen LogP contribution in [0.25, 0.3) is 0 Å². The molecule has 1 aliphatic heterocycles. The van der Waals surface area contributed by atoms with E-state index in [2.05, 4.69) is 14.9 Å². The van der Waals surface area contributed by atoms with Crippen molar-refractivity contribution in [2.75, 3.05) is 25.1 Å². The summed E-state index contributed by atoms with van der Waals surface area (Å²) in [7, 11) is 1.63. The van der Waals surface area contributed by atoms with E-state index in [1.807, 2.05) is 19.9 Å². The maximum absolute atomic E-state index is 11.5. The molecule has 0 aliphatic carbocycles. The van der Waals surface area contributed by atoms with Gasteiger partial charge in [-0.1, -0.05) is 6.92 Å². The van der Waals surface area contributed by atoms with Crippen LogP contribution < -0.4 is 4.90 Å². The van der Waals surface area contributed by atoms with Crippen molar-refractivity contribution in [2.45, 2.75) is 26.9 Å². The largest absolute Gasteiger partial charge is 0.377 e. The molecule has 1 aliphatic rings. The third-order valence-corrected chi connectivity index (χ3v) is 3.16. The van der Waals surface area contributed by atoms with Gasteiger partial charge < -0.3 is 9.64 Å². The zero-order valence-corrected chi connectivity index (χ0v) is 11.1. The predicted octanol–water partition coefficient (Wildman–Crippen LogP) is 1.35. The first-order chi connectivity index (χ1) is 8.60. The molecule has 2 rings (SSSR count). The number of ketones is 1. The number of ether oxygens (including phenoxy) is 1. The van der Waals surface area contributed by atoms with Crippen LogP contribution in [0, 0.1) is 12.8 Å². The number of aromatic nitrogens is 2. The number of Topliss-reactive ketones (excluding diaryl/α,β-unsaturated/α-hetero) is 1. The van der Waals surface area contributed by atoms with Gasteiger partial charge in [-0.15, -0.1) is 0 Å². The summed E-state index contributed by atoms with van der Waals surface area (Å²) in [6.45, 7) is 5.81. The molecule has 0 saturated carbocycles. The Morgan fingerprint density at radius 3 is 2.94 bits per heavy atom. The minimum absolute atomic E-state index is 0.0832. The molecule has 1 fully saturated rings. The number of methoxy groups -OCH3 is 1. The number of hydrogen-bond acceptors (Lipinski definition) is 5. The summed E-state index contributed by atoms with van der Waals surface area (Å²) in [6.07, 6.45) is 0.601. The number of anilines is 1. The van der Waals surface area contributed by atoms with E-state index in [1.54, 1.807) is 7.11 Å². The van der Waals surface area contributed by atoms with Gasteiger partial charge in [0.25, 0.3) is 0 Å². The van der Waals surface area contributed by atoms with Crippen LogP contribution in [0.1, 0.15) is 24.9 Å². The van der Waals surface area contributed by atoms with Crippen molar-refractivity contribution < 1.29 is 9.53 Å². The molecule has 0 bridgehead atoms. The Balaban J connectivity index is 2.19. The van der Waals surface area contributed by atoms with E-state index < -0.39 is 0 Å². The van der Waals surface area contributed by atoms with Crippen LogP contribution in [0.2, 0.25) is 0 Å². The van der Waals surface area contributed by atoms with Gasteiger partial charge >= 0.3 is 0 Å². The average Bonchev–Trinajstić information content (AvgIpc) is 2.32. The number of aryl methyl sites for hydroxylation is 1. The highest BCUT2D eigenvalue weighted by atomic mass is 16.5. The predicted molar refractivity (Wildman–Crippen MR) is 68.5 cm³/mol. The first-order valence-electron chi connectivity index (χ1n) is 6.21. The Hall–Kier alpha value is -1.49. The molecular weight excluding hydrogens is 230 g/mol. The summed E-state index contributed by atoms with van der Waals surface area (Å²) in [5.74, 6) is 2.01. The molecule has 0 spiro atoms. The molecule has 0 amide bonds. The number of piperidine rings is 1. The highest BCUT2D eigenvalue weighted by molar-refractivity contribution is 5.83. The highest BCUT2D eigenvalue weighted by Gasteiger charge is 2.24. The van der Waals surface area contributed by atoms with Crippen LogP contribution in [-0.2, 0) is 16.1 Å². The Bertz CT molecular complexity index is 448. The van der Waals surface area contributed by atoms with Crippen molar-refractivity contribution in [3.05, 3.63) is 17.6 Å². The van der Waals surface area contributed by atoms with Crippen LogP contribution in [0.3, 0.4) is 0 Å². The fraction of sp³-hybridized carbons (Fsp3) is 0.615. The van der Waals surface area contributed by atoms with Gasteiger partial charge in [0.1, 0.15) is 18.2 Å². The lowest BCUT2D eigenvalue weighted by Crippen LogP contribution is -2.40. The molecule has 1 atom stereocenters. The topological polar surface area (TPSA) is 55.3 Å². The molecule has 5 nitrogen and oxygen atoms in total. The van der Waals surface area contributed by atoms with Gasteiger partial charge in [-0.25, -0.2) is 9.97 Å². The summed E-state index contributed by atoms with van der Waals surface area (Å²) in [5, 5.41) is 0. The molecule has 98 valence electrons. The summed E-state index contributed by atoms with van der Waals surface area (Å²) in [4.78, 5) is 22.5. The lowest BCUT2D eigenvalue weighted by Gasteiger charge is -2.31. The molecule has 5 heteroatoms. The van der Waals surface area contributed by atoms with Crippen molar-refractivity contribution in [1.82, 2.24) is 9.97 Å². The third kappa shape index (κ3) is 2.85. The minimum atomic E-state index is 0.0832. The fourth-order valence-electron chi connectivity index (χ4n) is 2.19. The third-order valence-electron chi connectivity index (χ3n) is 3.16. The van der Waals surface area contributed by atoms with Gasteiger partial charge in [-0.3, -0.25) is 4.79 Å². The van der Waals surface area contributed by atoms with Crippen molar-refractivity contribution >= 4 is 11.6 Å². The lowest BCUT2D eigenvalue weighted by molar-refractivity contribution is -0.122. The highest BCUT2D eigenvalue weighted by Crippen LogP contribution is 2.20. The second kappa shape index (κ2) is 5.44. The zero-order chi connectivity index (χ0) is 13.1. The van der Waals surface area contributed by atoms with Gasteiger partial charge in [0.15, 0.2) is 5.82 Å². The van der Waals surface area contributed by atoms with Crippen LogP contribution in [0.15, 0.2) is 6.07 Å². The van der Waals surface area contributed by atoms with Crippen molar-refractivity contribution in [3.8, 4) is 0 Å². The van der Waals surface area contributed by atoms with Gasteiger partial charge in [0.05, 0.1) is 0 Å². The first kappa shape index (κ1) is 13.0. The number of carbonyl (C=O) groups excluding carboxylic acids is 1. The monoisotopic (exact) mass is 249 g/mol. The summed E-state index contributed by atoms with van der Waals surface area (Å²) in [6, 6.07) is 1.96. The van der Waals surface area contributed by atoms with E-state index in [-0.39, 0.29) is 5.92 Å². The number of carbonyl (C=O) groups is 1. The quantitative estimate of drug-likeness (QED) is 0.809. The second-order valence-electron chi connectivity index (χ2n) is 4.78. The maximum atomic E-state index is 11.5. The molecule has 0 N–H and O–H groups in total. The standard InChI is InChI=1S/C13H19N3O2/c1-9-7-16(5-4-11(9)17)13-6-10(2)14-12(15-13)8-18-3/h6,9H,4-5,7-8H2,1-3H3. The van der Waals surface area contributed by atoms with E-state index in [0.717, 1.165) is 24.6 Å². The smallest absolute Gasteiger partial charge is 0.156 e. The van der Waals surface area contributed by atoms with E-state index in [4.69, 9.17) is 4.74 Å². The summed E-state index contributed by atoms with van der Waals surface area (Å²) >= 11 is 0. The lowest BCUT2D eigenvalue weighted by atomic mass is 9.99. The van der Waals surface area contributed by atoms with Crippen LogP contribution >= 0.6 is 0 Å². The SMILES string of the molecule is COCc1nc(C)cc(N2CCC(=O)C(C)C2)n1. The molecule has 0 radical (unpaired) electrons. The van der Waals surface area contributed by atoms with E-state index in [9.17, 15) is 4.79 Å². The molecular formula is C13H19N3O2. The summed E-state index contributed by atoms with van der Waals surface area (Å²) in [5.41, 5.74) is 0.927. The molecule has 1 unspecified atom stereocenters. The minimum Gasteiger partial charge on any atom is -0.377 e. The van der Waals surface area contributed by atoms with Gasteiger partial charge in [0, 0.05) is 44.3 Å². The Kier molecular flexibility index (Phi) is 3.91. The van der Waals surface area contributed by atoms with Crippen molar-refractivity contribution in [3.63, 3.8) is 0 Å². The number of nitrogens with zero attached hydrogens (tertiary/aromatic N) is 3. The summed E-state index contributed by atoms with van der Waals surface area (Å²) < 4.78 is 5.07. The average molecular weight is 249 g/mol. The van der Waals surface area contributed by atoms with E-state index >= 15 is 0 Å². The number of rotatable bonds is 3. The van der Waals surface area contributed by atoms with Crippen LogP contribution in [0.5, 0.6) is 0 Å². The van der Waals surface area contributed by atoms with E-state index in [0.29, 0.717) is 24.6 Å². The van der Waals surface area contributed by atoms with Gasteiger partial charge in [0.2, 0.25) is 0 Å². The zero-order valence-electron chi connectivity index (χ0n) is 11.1. The first-order valence-corrected chi connectivity index (χ1v) is 6.21. The Morgan fingerprint density at radius 2 is 2.28 bits per heavy atom. The molecule has 2 heterocycles. The number of hydrogen-bond donors (Lipinski definition) is 0. The molecule has 1 aromatic heterocycles. The van der Waals surface area contributed by atoms with Crippen molar-refractivity contribution in [1.29, 1.82) is 0 Å². The maximum Gasteiger partial charge on any atom is 0.156 e. The van der Waals surface area contributed by atoms with Gasteiger partial charge in [-0.05, 0) is 6.92 Å². The van der Waals surface area contributed by atoms with Crippen LogP contribution in [-0.4, -0.2) is 36.0 Å². The Labute approximate surface area is 107 Å². The van der Waals surface area contributed by atoms with E-state index in [1.165, 1.54) is 0 Å². The normalized spacial score (nSPS) is 20.3.